The summed E-state index contributed by atoms with van der Waals surface area (Å²) < 4.78 is 29.5. The molecule has 0 saturated carbocycles. The molecule has 0 unspecified atom stereocenters. The van der Waals surface area contributed by atoms with Gasteiger partial charge in [0.05, 0.1) is 20.5 Å². The molecule has 1 aromatic heterocycles. The van der Waals surface area contributed by atoms with Crippen molar-refractivity contribution in [2.75, 3.05) is 0 Å². The van der Waals surface area contributed by atoms with E-state index >= 15 is 0 Å². The minimum absolute atomic E-state index is 0.115. The minimum atomic E-state index is -3.95. The highest BCUT2D eigenvalue weighted by atomic mass is 35.5. The van der Waals surface area contributed by atoms with Gasteiger partial charge in [0, 0.05) is 6.92 Å². The van der Waals surface area contributed by atoms with Crippen molar-refractivity contribution in [3.8, 4) is 0 Å². The van der Waals surface area contributed by atoms with Crippen LogP contribution >= 0.6 is 23.2 Å². The Morgan fingerprint density at radius 3 is 2.52 bits per heavy atom. The lowest BCUT2D eigenvalue weighted by Crippen LogP contribution is -2.09. The minimum Gasteiger partial charge on any atom is -0.478 e. The number of carboxylic acid groups (broad SMARTS) is 1. The molecule has 0 bridgehead atoms. The molecule has 10 heteroatoms. The van der Waals surface area contributed by atoms with E-state index in [9.17, 15) is 13.2 Å². The largest absolute Gasteiger partial charge is 0.478 e. The molecule has 1 heterocycles. The van der Waals surface area contributed by atoms with E-state index in [2.05, 4.69) is 10.2 Å². The number of aromatic nitrogens is 2. The summed E-state index contributed by atoms with van der Waals surface area (Å²) in [5.41, 5.74) is -0.471. The van der Waals surface area contributed by atoms with Gasteiger partial charge in [-0.2, -0.15) is 0 Å². The highest BCUT2D eigenvalue weighted by Gasteiger charge is 2.26. The zero-order valence-corrected chi connectivity index (χ0v) is 12.8. The standard InChI is InChI=1S/C11H8Cl2N2O5S/c1-5-14-15-8(20-5)4-21(18,19)7-3-2-6(12)9(10(7)13)11(16)17/h2-3H,4H2,1H3,(H,16,17). The van der Waals surface area contributed by atoms with Crippen LogP contribution in [-0.4, -0.2) is 29.7 Å². The number of carboxylic acids is 1. The summed E-state index contributed by atoms with van der Waals surface area (Å²) in [5.74, 6) is -1.91. The fourth-order valence-corrected chi connectivity index (χ4v) is 3.74. The van der Waals surface area contributed by atoms with Gasteiger partial charge in [-0.3, -0.25) is 0 Å². The third-order valence-corrected chi connectivity index (χ3v) is 4.94. The van der Waals surface area contributed by atoms with E-state index in [0.29, 0.717) is 0 Å². The van der Waals surface area contributed by atoms with Crippen LogP contribution < -0.4 is 0 Å². The molecule has 0 aliphatic heterocycles. The predicted octanol–water partition coefficient (Wildman–Crippen LogP) is 2.36. The van der Waals surface area contributed by atoms with Crippen molar-refractivity contribution in [3.05, 3.63) is 39.5 Å². The Bertz CT molecular complexity index is 816. The molecule has 0 amide bonds. The first-order valence-electron chi connectivity index (χ1n) is 5.45. The number of benzene rings is 1. The summed E-state index contributed by atoms with van der Waals surface area (Å²) in [6.45, 7) is 1.51. The Labute approximate surface area is 129 Å². The van der Waals surface area contributed by atoms with Crippen molar-refractivity contribution in [2.45, 2.75) is 17.6 Å². The van der Waals surface area contributed by atoms with Gasteiger partial charge in [-0.15, -0.1) is 10.2 Å². The van der Waals surface area contributed by atoms with Crippen LogP contribution in [0.1, 0.15) is 22.1 Å². The number of aryl methyl sites for hydroxylation is 1. The van der Waals surface area contributed by atoms with Crippen molar-refractivity contribution in [1.29, 1.82) is 0 Å². The Balaban J connectivity index is 2.50. The van der Waals surface area contributed by atoms with Crippen LogP contribution in [0.3, 0.4) is 0 Å². The van der Waals surface area contributed by atoms with Crippen molar-refractivity contribution in [1.82, 2.24) is 10.2 Å². The van der Waals surface area contributed by atoms with Gasteiger partial charge in [-0.25, -0.2) is 13.2 Å². The fourth-order valence-electron chi connectivity index (χ4n) is 1.61. The zero-order valence-electron chi connectivity index (χ0n) is 10.5. The van der Waals surface area contributed by atoms with E-state index in [-0.39, 0.29) is 21.7 Å². The SMILES string of the molecule is Cc1nnc(CS(=O)(=O)c2ccc(Cl)c(C(=O)O)c2Cl)o1. The van der Waals surface area contributed by atoms with Gasteiger partial charge in [-0.05, 0) is 12.1 Å². The number of aromatic carboxylic acids is 1. The number of sulfone groups is 1. The van der Waals surface area contributed by atoms with Crippen molar-refractivity contribution >= 4 is 39.0 Å². The second kappa shape index (κ2) is 5.63. The summed E-state index contributed by atoms with van der Waals surface area (Å²) >= 11 is 11.6. The molecule has 2 rings (SSSR count). The molecule has 0 atom stereocenters. The fraction of sp³-hybridized carbons (Fsp3) is 0.182. The maximum Gasteiger partial charge on any atom is 0.338 e. The average Bonchev–Trinajstić information content (AvgIpc) is 2.72. The van der Waals surface area contributed by atoms with Gasteiger partial charge >= 0.3 is 5.97 Å². The van der Waals surface area contributed by atoms with Crippen LogP contribution in [0.2, 0.25) is 10.0 Å². The predicted molar refractivity (Wildman–Crippen MR) is 73.3 cm³/mol. The molecular formula is C11H8Cl2N2O5S. The maximum absolute atomic E-state index is 12.3. The Morgan fingerprint density at radius 2 is 2.00 bits per heavy atom. The molecule has 0 aliphatic rings. The van der Waals surface area contributed by atoms with Crippen molar-refractivity contribution < 1.29 is 22.7 Å². The summed E-state index contributed by atoms with van der Waals surface area (Å²) in [5, 5.41) is 15.5. The van der Waals surface area contributed by atoms with Crippen LogP contribution in [0.4, 0.5) is 0 Å². The van der Waals surface area contributed by atoms with Crippen molar-refractivity contribution in [2.24, 2.45) is 0 Å². The monoisotopic (exact) mass is 350 g/mol. The first kappa shape index (κ1) is 15.7. The van der Waals surface area contributed by atoms with Crippen molar-refractivity contribution in [3.63, 3.8) is 0 Å². The van der Waals surface area contributed by atoms with Crippen LogP contribution in [0.5, 0.6) is 0 Å². The van der Waals surface area contributed by atoms with Gasteiger partial charge in [0.2, 0.25) is 11.8 Å². The number of carbonyl (C=O) groups is 1. The van der Waals surface area contributed by atoms with Gasteiger partial charge in [0.15, 0.2) is 9.84 Å². The lowest BCUT2D eigenvalue weighted by Gasteiger charge is -2.08. The summed E-state index contributed by atoms with van der Waals surface area (Å²) in [6, 6.07) is 2.29. The molecule has 7 nitrogen and oxygen atoms in total. The third kappa shape index (κ3) is 3.17. The molecule has 2 aromatic rings. The molecule has 0 radical (unpaired) electrons. The lowest BCUT2D eigenvalue weighted by molar-refractivity contribution is 0.0697. The Kier molecular flexibility index (Phi) is 4.22. The van der Waals surface area contributed by atoms with Crippen LogP contribution in [-0.2, 0) is 15.6 Å². The highest BCUT2D eigenvalue weighted by Crippen LogP contribution is 2.32. The number of hydrogen-bond donors (Lipinski definition) is 1. The molecule has 21 heavy (non-hydrogen) atoms. The molecule has 1 N–H and O–H groups in total. The van der Waals surface area contributed by atoms with E-state index in [1.165, 1.54) is 6.92 Å². The van der Waals surface area contributed by atoms with E-state index in [0.717, 1.165) is 12.1 Å². The quantitative estimate of drug-likeness (QED) is 0.900. The average molecular weight is 351 g/mol. The molecule has 0 fully saturated rings. The topological polar surface area (TPSA) is 110 Å². The summed E-state index contributed by atoms with van der Waals surface area (Å²) in [7, 11) is -3.95. The van der Waals surface area contributed by atoms with Crippen LogP contribution in [0.25, 0.3) is 0 Å². The normalized spacial score (nSPS) is 11.6. The highest BCUT2D eigenvalue weighted by molar-refractivity contribution is 7.90. The first-order chi connectivity index (χ1) is 9.72. The molecule has 1 aromatic carbocycles. The number of nitrogens with zero attached hydrogens (tertiary/aromatic N) is 2. The molecule has 0 aliphatic carbocycles. The van der Waals surface area contributed by atoms with Gasteiger partial charge in [0.25, 0.3) is 0 Å². The van der Waals surface area contributed by atoms with Gasteiger partial charge in [-0.1, -0.05) is 23.2 Å². The molecular weight excluding hydrogens is 343 g/mol. The Morgan fingerprint density at radius 1 is 1.33 bits per heavy atom. The summed E-state index contributed by atoms with van der Waals surface area (Å²) in [4.78, 5) is 10.7. The Hall–Kier alpha value is -1.64. The second-order valence-electron chi connectivity index (χ2n) is 4.01. The first-order valence-corrected chi connectivity index (χ1v) is 7.86. The lowest BCUT2D eigenvalue weighted by atomic mass is 10.2. The smallest absolute Gasteiger partial charge is 0.338 e. The van der Waals surface area contributed by atoms with E-state index in [1.54, 1.807) is 0 Å². The molecule has 112 valence electrons. The van der Waals surface area contributed by atoms with Gasteiger partial charge < -0.3 is 9.52 Å². The van der Waals surface area contributed by atoms with Gasteiger partial charge in [0.1, 0.15) is 5.75 Å². The van der Waals surface area contributed by atoms with E-state index < -0.39 is 32.1 Å². The summed E-state index contributed by atoms with van der Waals surface area (Å²) in [6.07, 6.45) is 0. The second-order valence-corrected chi connectivity index (χ2v) is 6.76. The maximum atomic E-state index is 12.3. The number of rotatable bonds is 4. The van der Waals surface area contributed by atoms with Crippen LogP contribution in [0, 0.1) is 6.92 Å². The third-order valence-electron chi connectivity index (χ3n) is 2.49. The number of hydrogen-bond acceptors (Lipinski definition) is 6. The molecule has 0 saturated heterocycles. The zero-order chi connectivity index (χ0) is 15.8. The number of halogens is 2. The van der Waals surface area contributed by atoms with E-state index in [4.69, 9.17) is 32.7 Å². The van der Waals surface area contributed by atoms with E-state index in [1.807, 2.05) is 0 Å². The molecule has 0 spiro atoms. The van der Waals surface area contributed by atoms with Crippen LogP contribution in [0.15, 0.2) is 21.4 Å².